The zero-order valence-electron chi connectivity index (χ0n) is 15.3. The fourth-order valence-corrected chi connectivity index (χ4v) is 3.22. The van der Waals surface area contributed by atoms with Crippen LogP contribution in [0.15, 0.2) is 70.1 Å². The Morgan fingerprint density at radius 3 is 2.67 bits per heavy atom. The molecule has 4 rings (SSSR count). The molecule has 2 heterocycles. The molecule has 2 aromatic heterocycles. The van der Waals surface area contributed by atoms with E-state index in [2.05, 4.69) is 10.3 Å². The summed E-state index contributed by atoms with van der Waals surface area (Å²) in [6.45, 7) is -0.336. The van der Waals surface area contributed by atoms with Crippen molar-refractivity contribution in [2.45, 2.75) is 6.54 Å². The monoisotopic (exact) mass is 425 g/mol. The second-order valence-electron chi connectivity index (χ2n) is 6.35. The van der Waals surface area contributed by atoms with Crippen LogP contribution in [0.25, 0.3) is 11.1 Å². The predicted octanol–water partition coefficient (Wildman–Crippen LogP) is 3.65. The number of carbonyl (C=O) groups is 2. The van der Waals surface area contributed by atoms with E-state index in [4.69, 9.17) is 16.0 Å². The van der Waals surface area contributed by atoms with Gasteiger partial charge in [-0.2, -0.15) is 0 Å². The van der Waals surface area contributed by atoms with Gasteiger partial charge in [-0.1, -0.05) is 23.7 Å². The fraction of sp³-hybridized carbons (Fsp3) is 0.0476. The predicted molar refractivity (Wildman–Crippen MR) is 108 cm³/mol. The van der Waals surface area contributed by atoms with Gasteiger partial charge < -0.3 is 9.73 Å². The van der Waals surface area contributed by atoms with Crippen molar-refractivity contribution >= 4 is 40.1 Å². The third-order valence-electron chi connectivity index (χ3n) is 4.37. The zero-order chi connectivity index (χ0) is 21.3. The molecule has 0 fully saturated rings. The van der Waals surface area contributed by atoms with Gasteiger partial charge in [-0.05, 0) is 36.4 Å². The first-order valence-electron chi connectivity index (χ1n) is 8.76. The fourth-order valence-electron chi connectivity index (χ4n) is 2.98. The van der Waals surface area contributed by atoms with Crippen LogP contribution in [0.5, 0.6) is 0 Å². The lowest BCUT2D eigenvalue weighted by atomic mass is 10.0. The molecule has 2 aromatic carbocycles. The molecule has 0 unspecified atom stereocenters. The van der Waals surface area contributed by atoms with Crippen LogP contribution in [0.4, 0.5) is 10.1 Å². The number of amides is 1. The number of halogens is 2. The Balaban J connectivity index is 1.67. The number of hydrogen-bond acceptors (Lipinski definition) is 5. The van der Waals surface area contributed by atoms with E-state index in [0.29, 0.717) is 5.69 Å². The maximum absolute atomic E-state index is 14.0. The average Bonchev–Trinajstić information content (AvgIpc) is 3.02. The normalized spacial score (nSPS) is 10.9. The minimum atomic E-state index is -0.794. The van der Waals surface area contributed by atoms with Crippen LogP contribution in [0.3, 0.4) is 0 Å². The molecule has 1 amide bonds. The summed E-state index contributed by atoms with van der Waals surface area (Å²) >= 11 is 6.24. The van der Waals surface area contributed by atoms with Gasteiger partial charge in [-0.25, -0.2) is 9.18 Å². The molecule has 1 N–H and O–H groups in total. The smallest absolute Gasteiger partial charge is 0.408 e. The number of fused-ring (bicyclic) bond motifs is 1. The number of hydrogen-bond donors (Lipinski definition) is 1. The number of oxazole rings is 1. The summed E-state index contributed by atoms with van der Waals surface area (Å²) in [6.07, 6.45) is 3.03. The minimum Gasteiger partial charge on any atom is -0.408 e. The average molecular weight is 426 g/mol. The first-order valence-corrected chi connectivity index (χ1v) is 9.14. The van der Waals surface area contributed by atoms with Crippen molar-refractivity contribution in [1.29, 1.82) is 0 Å². The molecular formula is C21H13ClFN3O4. The zero-order valence-corrected chi connectivity index (χ0v) is 16.0. The van der Waals surface area contributed by atoms with Crippen LogP contribution in [0.1, 0.15) is 15.9 Å². The van der Waals surface area contributed by atoms with E-state index < -0.39 is 23.3 Å². The van der Waals surface area contributed by atoms with Crippen molar-refractivity contribution in [3.63, 3.8) is 0 Å². The van der Waals surface area contributed by atoms with Gasteiger partial charge in [0.05, 0.1) is 28.0 Å². The summed E-state index contributed by atoms with van der Waals surface area (Å²) in [7, 11) is 0. The molecule has 0 aliphatic carbocycles. The summed E-state index contributed by atoms with van der Waals surface area (Å²) in [4.78, 5) is 41.1. The van der Waals surface area contributed by atoms with Crippen molar-refractivity contribution in [3.8, 4) is 0 Å². The van der Waals surface area contributed by atoms with Crippen LogP contribution in [0.2, 0.25) is 5.02 Å². The van der Waals surface area contributed by atoms with E-state index in [1.54, 1.807) is 18.3 Å². The molecule has 0 aliphatic heterocycles. The van der Waals surface area contributed by atoms with Gasteiger partial charge >= 0.3 is 5.76 Å². The van der Waals surface area contributed by atoms with Gasteiger partial charge in [0.15, 0.2) is 11.4 Å². The summed E-state index contributed by atoms with van der Waals surface area (Å²) in [5.74, 6) is -2.61. The number of nitrogens with zero attached hydrogens (tertiary/aromatic N) is 2. The van der Waals surface area contributed by atoms with Gasteiger partial charge in [-0.3, -0.25) is 19.1 Å². The molecule has 0 radical (unpaired) electrons. The van der Waals surface area contributed by atoms with E-state index in [-0.39, 0.29) is 33.8 Å². The van der Waals surface area contributed by atoms with Gasteiger partial charge in [0.1, 0.15) is 12.4 Å². The summed E-state index contributed by atoms with van der Waals surface area (Å²) in [5.41, 5.74) is 0.584. The van der Waals surface area contributed by atoms with Crippen LogP contribution in [0, 0.1) is 5.82 Å². The Morgan fingerprint density at radius 1 is 1.13 bits per heavy atom. The van der Waals surface area contributed by atoms with E-state index in [1.807, 2.05) is 0 Å². The molecule has 0 aliphatic rings. The molecule has 0 bridgehead atoms. The Hall–Kier alpha value is -3.78. The van der Waals surface area contributed by atoms with Crippen molar-refractivity contribution in [2.75, 3.05) is 5.32 Å². The van der Waals surface area contributed by atoms with Gasteiger partial charge in [0.2, 0.25) is 5.91 Å². The Morgan fingerprint density at radius 2 is 1.93 bits per heavy atom. The second kappa shape index (κ2) is 7.92. The summed E-state index contributed by atoms with van der Waals surface area (Å²) < 4.78 is 20.2. The van der Waals surface area contributed by atoms with Crippen LogP contribution in [-0.4, -0.2) is 21.2 Å². The highest BCUT2D eigenvalue weighted by molar-refractivity contribution is 6.35. The lowest BCUT2D eigenvalue weighted by Gasteiger charge is -2.07. The molecule has 0 saturated heterocycles. The highest BCUT2D eigenvalue weighted by atomic mass is 35.5. The number of carbonyl (C=O) groups excluding carboxylic acids is 2. The Kier molecular flexibility index (Phi) is 5.16. The molecule has 30 heavy (non-hydrogen) atoms. The lowest BCUT2D eigenvalue weighted by Crippen LogP contribution is -2.24. The van der Waals surface area contributed by atoms with E-state index in [0.717, 1.165) is 10.6 Å². The van der Waals surface area contributed by atoms with E-state index in [9.17, 15) is 18.8 Å². The van der Waals surface area contributed by atoms with E-state index in [1.165, 1.54) is 36.5 Å². The number of aromatic nitrogens is 2. The SMILES string of the molecule is O=C(Cn1c(=O)oc2cc(C(=O)c3ccccc3F)c(Cl)cc21)Nc1cccnc1. The largest absolute Gasteiger partial charge is 0.420 e. The number of nitrogens with one attached hydrogen (secondary N) is 1. The minimum absolute atomic E-state index is 0.00188. The molecule has 7 nitrogen and oxygen atoms in total. The first kappa shape index (κ1) is 19.5. The van der Waals surface area contributed by atoms with Crippen molar-refractivity contribution < 1.29 is 18.4 Å². The lowest BCUT2D eigenvalue weighted by molar-refractivity contribution is -0.116. The summed E-state index contributed by atoms with van der Waals surface area (Å²) in [5, 5.41) is 2.61. The quantitative estimate of drug-likeness (QED) is 0.492. The number of benzene rings is 2. The third-order valence-corrected chi connectivity index (χ3v) is 4.68. The van der Waals surface area contributed by atoms with Gasteiger partial charge in [-0.15, -0.1) is 0 Å². The van der Waals surface area contributed by atoms with Gasteiger partial charge in [0.25, 0.3) is 0 Å². The second-order valence-corrected chi connectivity index (χ2v) is 6.76. The highest BCUT2D eigenvalue weighted by Gasteiger charge is 2.21. The molecule has 0 atom stereocenters. The van der Waals surface area contributed by atoms with Crippen LogP contribution in [-0.2, 0) is 11.3 Å². The highest BCUT2D eigenvalue weighted by Crippen LogP contribution is 2.26. The maximum atomic E-state index is 14.0. The number of anilines is 1. The first-order chi connectivity index (χ1) is 14.4. The number of pyridine rings is 1. The molecular weight excluding hydrogens is 413 g/mol. The third kappa shape index (κ3) is 3.72. The topological polar surface area (TPSA) is 94.2 Å². The van der Waals surface area contributed by atoms with Gasteiger partial charge in [0, 0.05) is 11.8 Å². The number of rotatable bonds is 5. The molecule has 150 valence electrons. The Labute approximate surface area is 173 Å². The van der Waals surface area contributed by atoms with Crippen molar-refractivity contribution in [1.82, 2.24) is 9.55 Å². The summed E-state index contributed by atoms with van der Waals surface area (Å²) in [6, 6.07) is 11.4. The molecule has 0 spiro atoms. The van der Waals surface area contributed by atoms with E-state index >= 15 is 0 Å². The van der Waals surface area contributed by atoms with Crippen LogP contribution < -0.4 is 11.1 Å². The van der Waals surface area contributed by atoms with Crippen LogP contribution >= 0.6 is 11.6 Å². The molecule has 4 aromatic rings. The molecule has 0 saturated carbocycles. The van der Waals surface area contributed by atoms with Crippen molar-refractivity contribution in [3.05, 3.63) is 93.4 Å². The standard InChI is InChI=1S/C21H13ClFN3O4/c22-15-9-17-18(8-14(15)20(28)13-5-1-2-6-16(13)23)30-21(29)26(17)11-19(27)25-12-4-3-7-24-10-12/h1-10H,11H2,(H,25,27). The molecule has 9 heteroatoms. The van der Waals surface area contributed by atoms with Crippen molar-refractivity contribution in [2.24, 2.45) is 0 Å². The maximum Gasteiger partial charge on any atom is 0.420 e. The number of ketones is 1. The Bertz CT molecular complexity index is 1330.